The summed E-state index contributed by atoms with van der Waals surface area (Å²) < 4.78 is 5.82. The van der Waals surface area contributed by atoms with E-state index in [2.05, 4.69) is 20.6 Å². The van der Waals surface area contributed by atoms with E-state index in [0.29, 0.717) is 17.0 Å². The lowest BCUT2D eigenvalue weighted by atomic mass is 9.99. The van der Waals surface area contributed by atoms with Gasteiger partial charge in [-0.3, -0.25) is 4.79 Å². The van der Waals surface area contributed by atoms with Gasteiger partial charge in [-0.05, 0) is 25.5 Å². The Labute approximate surface area is 179 Å². The molecule has 1 amide bonds. The number of hydrogen-bond acceptors (Lipinski definition) is 7. The van der Waals surface area contributed by atoms with Gasteiger partial charge in [-0.15, -0.1) is 0 Å². The second kappa shape index (κ2) is 9.13. The number of benzene rings is 1. The first-order valence-corrected chi connectivity index (χ1v) is 9.67. The third kappa shape index (κ3) is 4.88. The molecule has 9 heteroatoms. The fourth-order valence-corrected chi connectivity index (χ4v) is 3.16. The lowest BCUT2D eigenvalue weighted by Crippen LogP contribution is -2.29. The van der Waals surface area contributed by atoms with Crippen molar-refractivity contribution < 1.29 is 19.2 Å². The van der Waals surface area contributed by atoms with Crippen molar-refractivity contribution >= 4 is 28.9 Å². The van der Waals surface area contributed by atoms with Gasteiger partial charge in [-0.2, -0.15) is 0 Å². The van der Waals surface area contributed by atoms with Crippen LogP contribution < -0.4 is 10.1 Å². The highest BCUT2D eigenvalue weighted by molar-refractivity contribution is 6.45. The van der Waals surface area contributed by atoms with Gasteiger partial charge in [-0.1, -0.05) is 46.2 Å². The molecule has 1 N–H and O–H groups in total. The molecule has 1 aromatic carbocycles. The molecule has 2 heterocycles. The van der Waals surface area contributed by atoms with E-state index in [1.54, 1.807) is 24.4 Å². The molecule has 0 aliphatic carbocycles. The van der Waals surface area contributed by atoms with Crippen molar-refractivity contribution in [2.75, 3.05) is 14.2 Å². The number of aromatic nitrogens is 1. The molecule has 1 aromatic heterocycles. The zero-order valence-electron chi connectivity index (χ0n) is 17.2. The SMILES string of the molecule is CNC(=O)/C(=N/OC)c1ccccc1COc1ncc(C2=NOC(C)(C)C2)cc1Cl. The van der Waals surface area contributed by atoms with Gasteiger partial charge in [0, 0.05) is 30.8 Å². The molecule has 0 bridgehead atoms. The second-order valence-electron chi connectivity index (χ2n) is 7.22. The minimum absolute atomic E-state index is 0.138. The Balaban J connectivity index is 1.78. The molecule has 0 saturated carbocycles. The van der Waals surface area contributed by atoms with Gasteiger partial charge in [0.05, 0.1) is 5.71 Å². The van der Waals surface area contributed by atoms with Gasteiger partial charge in [0.1, 0.15) is 24.3 Å². The van der Waals surface area contributed by atoms with E-state index >= 15 is 0 Å². The first-order chi connectivity index (χ1) is 14.3. The first kappa shape index (κ1) is 21.6. The minimum Gasteiger partial charge on any atom is -0.472 e. The highest BCUT2D eigenvalue weighted by Gasteiger charge is 2.30. The number of carbonyl (C=O) groups is 1. The Kier molecular flexibility index (Phi) is 6.56. The van der Waals surface area contributed by atoms with E-state index in [9.17, 15) is 4.79 Å². The number of pyridine rings is 1. The number of hydrogen-bond donors (Lipinski definition) is 1. The van der Waals surface area contributed by atoms with Crippen molar-refractivity contribution in [3.63, 3.8) is 0 Å². The van der Waals surface area contributed by atoms with Crippen molar-refractivity contribution in [3.05, 3.63) is 58.2 Å². The van der Waals surface area contributed by atoms with Crippen LogP contribution in [0.3, 0.4) is 0 Å². The number of ether oxygens (including phenoxy) is 1. The van der Waals surface area contributed by atoms with Crippen LogP contribution in [-0.4, -0.2) is 42.1 Å². The Morgan fingerprint density at radius 2 is 2.13 bits per heavy atom. The van der Waals surface area contributed by atoms with Crippen molar-refractivity contribution in [1.29, 1.82) is 0 Å². The maximum absolute atomic E-state index is 12.2. The van der Waals surface area contributed by atoms with E-state index in [4.69, 9.17) is 26.0 Å². The third-order valence-electron chi connectivity index (χ3n) is 4.40. The molecule has 0 atom stereocenters. The number of amides is 1. The summed E-state index contributed by atoms with van der Waals surface area (Å²) in [5.74, 6) is -0.0912. The monoisotopic (exact) mass is 430 g/mol. The Morgan fingerprint density at radius 3 is 2.77 bits per heavy atom. The van der Waals surface area contributed by atoms with Gasteiger partial charge >= 0.3 is 0 Å². The number of rotatable bonds is 7. The average molecular weight is 431 g/mol. The summed E-state index contributed by atoms with van der Waals surface area (Å²) in [5.41, 5.74) is 2.70. The second-order valence-corrected chi connectivity index (χ2v) is 7.63. The average Bonchev–Trinajstić information content (AvgIpc) is 3.10. The fourth-order valence-electron chi connectivity index (χ4n) is 2.94. The van der Waals surface area contributed by atoms with E-state index in [1.807, 2.05) is 26.0 Å². The molecular formula is C21H23ClN4O4. The van der Waals surface area contributed by atoms with Crippen LogP contribution in [0.2, 0.25) is 5.02 Å². The van der Waals surface area contributed by atoms with Gasteiger partial charge in [0.25, 0.3) is 5.91 Å². The maximum atomic E-state index is 12.2. The molecule has 3 rings (SSSR count). The van der Waals surface area contributed by atoms with E-state index < -0.39 is 0 Å². The van der Waals surface area contributed by atoms with Crippen LogP contribution in [0.1, 0.15) is 37.0 Å². The summed E-state index contributed by atoms with van der Waals surface area (Å²) in [6.07, 6.45) is 2.32. The first-order valence-electron chi connectivity index (χ1n) is 9.30. The van der Waals surface area contributed by atoms with Gasteiger partial charge < -0.3 is 19.7 Å². The molecular weight excluding hydrogens is 408 g/mol. The quantitative estimate of drug-likeness (QED) is 0.537. The lowest BCUT2D eigenvalue weighted by molar-refractivity contribution is -0.114. The van der Waals surface area contributed by atoms with Crippen LogP contribution >= 0.6 is 11.6 Å². The molecule has 0 fully saturated rings. The van der Waals surface area contributed by atoms with Crippen molar-refractivity contribution in [1.82, 2.24) is 10.3 Å². The van der Waals surface area contributed by atoms with Gasteiger partial charge in [-0.25, -0.2) is 4.98 Å². The highest BCUT2D eigenvalue weighted by Crippen LogP contribution is 2.29. The summed E-state index contributed by atoms with van der Waals surface area (Å²) in [4.78, 5) is 26.7. The zero-order valence-corrected chi connectivity index (χ0v) is 18.0. The molecule has 8 nitrogen and oxygen atoms in total. The van der Waals surface area contributed by atoms with Crippen molar-refractivity contribution in [2.24, 2.45) is 10.3 Å². The minimum atomic E-state index is -0.368. The molecule has 0 spiro atoms. The lowest BCUT2D eigenvalue weighted by Gasteiger charge is -2.14. The largest absolute Gasteiger partial charge is 0.472 e. The summed E-state index contributed by atoms with van der Waals surface area (Å²) in [6.45, 7) is 4.07. The molecule has 2 aromatic rings. The Hall–Kier alpha value is -3.13. The van der Waals surface area contributed by atoms with Crippen molar-refractivity contribution in [3.8, 4) is 5.88 Å². The number of likely N-dealkylation sites (N-methyl/N-ethyl adjacent to an activating group) is 1. The fraction of sp³-hybridized carbons (Fsp3) is 0.333. The molecule has 0 saturated heterocycles. The molecule has 1 aliphatic heterocycles. The standard InChI is InChI=1S/C21H23ClN4O4/c1-21(2)10-17(25-30-21)14-9-16(22)20(24-11-14)29-12-13-7-5-6-8-15(13)18(26-28-4)19(27)23-3/h5-9,11H,10,12H2,1-4H3,(H,23,27)/b26-18+. The number of nitrogens with one attached hydrogen (secondary N) is 1. The molecule has 30 heavy (non-hydrogen) atoms. The summed E-state index contributed by atoms with van der Waals surface area (Å²) in [5, 5.41) is 10.9. The van der Waals surface area contributed by atoms with Crippen molar-refractivity contribution in [2.45, 2.75) is 32.5 Å². The molecule has 0 radical (unpaired) electrons. The molecule has 1 aliphatic rings. The molecule has 158 valence electrons. The smallest absolute Gasteiger partial charge is 0.273 e. The Morgan fingerprint density at radius 1 is 1.37 bits per heavy atom. The zero-order chi connectivity index (χ0) is 21.7. The van der Waals surface area contributed by atoms with Crippen LogP contribution in [0, 0.1) is 0 Å². The number of oxime groups is 2. The number of nitrogens with zero attached hydrogens (tertiary/aromatic N) is 3. The third-order valence-corrected chi connectivity index (χ3v) is 4.67. The van der Waals surface area contributed by atoms with E-state index in [-0.39, 0.29) is 29.7 Å². The Bertz CT molecular complexity index is 1000. The number of carbonyl (C=O) groups excluding carboxylic acids is 1. The normalized spacial score (nSPS) is 15.2. The van der Waals surface area contributed by atoms with E-state index in [0.717, 1.165) is 16.8 Å². The topological polar surface area (TPSA) is 94.4 Å². The summed E-state index contributed by atoms with van der Waals surface area (Å²) in [6, 6.07) is 9.00. The predicted octanol–water partition coefficient (Wildman–Crippen LogP) is 3.31. The summed E-state index contributed by atoms with van der Waals surface area (Å²) in [7, 11) is 2.91. The molecule has 0 unspecified atom stereocenters. The van der Waals surface area contributed by atoms with Crippen LogP contribution in [0.4, 0.5) is 0 Å². The predicted molar refractivity (Wildman–Crippen MR) is 114 cm³/mol. The van der Waals surface area contributed by atoms with Crippen LogP contribution in [0.15, 0.2) is 46.8 Å². The highest BCUT2D eigenvalue weighted by atomic mass is 35.5. The van der Waals surface area contributed by atoms with Crippen LogP contribution in [-0.2, 0) is 21.1 Å². The van der Waals surface area contributed by atoms with Gasteiger partial charge in [0.15, 0.2) is 5.71 Å². The summed E-state index contributed by atoms with van der Waals surface area (Å²) >= 11 is 6.38. The van der Waals surface area contributed by atoms with Crippen LogP contribution in [0.25, 0.3) is 0 Å². The van der Waals surface area contributed by atoms with E-state index in [1.165, 1.54) is 14.2 Å². The number of halogens is 1. The maximum Gasteiger partial charge on any atom is 0.273 e. The van der Waals surface area contributed by atoms with Gasteiger partial charge in [0.2, 0.25) is 5.88 Å². The van der Waals surface area contributed by atoms with Crippen LogP contribution in [0.5, 0.6) is 5.88 Å².